The molecule has 0 aliphatic heterocycles. The molecular formula is C15H26N2O. The number of nitrogens with zero attached hydrogens (tertiary/aromatic N) is 1. The molecule has 0 heterocycles. The second-order valence-corrected chi connectivity index (χ2v) is 5.57. The van der Waals surface area contributed by atoms with E-state index in [1.807, 2.05) is 27.9 Å². The molecule has 0 amide bonds. The first-order valence-corrected chi connectivity index (χ1v) is 6.48. The lowest BCUT2D eigenvalue weighted by Gasteiger charge is -2.27. The highest BCUT2D eigenvalue weighted by molar-refractivity contribution is 5.34. The highest BCUT2D eigenvalue weighted by atomic mass is 16.3. The maximum atomic E-state index is 10.6. The molecule has 0 aromatic heterocycles. The van der Waals surface area contributed by atoms with Gasteiger partial charge in [-0.2, -0.15) is 0 Å². The Balaban J connectivity index is 2.64. The van der Waals surface area contributed by atoms with Gasteiger partial charge in [-0.15, -0.1) is 0 Å². The van der Waals surface area contributed by atoms with Gasteiger partial charge in [0, 0.05) is 19.6 Å². The fraction of sp³-hybridized carbons (Fsp3) is 0.600. The second kappa shape index (κ2) is 6.32. The van der Waals surface area contributed by atoms with Crippen LogP contribution >= 0.6 is 0 Å². The molecule has 1 aromatic carbocycles. The van der Waals surface area contributed by atoms with Crippen LogP contribution in [0.15, 0.2) is 18.2 Å². The van der Waals surface area contributed by atoms with Gasteiger partial charge in [0.2, 0.25) is 0 Å². The fourth-order valence-corrected chi connectivity index (χ4v) is 2.05. The molecule has 1 atom stereocenters. The Bertz CT molecular complexity index is 386. The van der Waals surface area contributed by atoms with E-state index in [0.717, 1.165) is 24.2 Å². The van der Waals surface area contributed by atoms with E-state index in [1.165, 1.54) is 5.56 Å². The highest BCUT2D eigenvalue weighted by Crippen LogP contribution is 2.24. The minimum atomic E-state index is -0.817. The minimum absolute atomic E-state index is 0.575. The summed E-state index contributed by atoms with van der Waals surface area (Å²) in [6.07, 6.45) is 0. The smallest absolute Gasteiger partial charge is 0.0994 e. The monoisotopic (exact) mass is 250 g/mol. The van der Waals surface area contributed by atoms with Gasteiger partial charge in [0.05, 0.1) is 5.60 Å². The van der Waals surface area contributed by atoms with Crippen LogP contribution in [-0.2, 0) is 5.60 Å². The van der Waals surface area contributed by atoms with Gasteiger partial charge in [-0.1, -0.05) is 23.8 Å². The van der Waals surface area contributed by atoms with E-state index in [0.29, 0.717) is 6.54 Å². The number of benzene rings is 1. The van der Waals surface area contributed by atoms with Gasteiger partial charge in [0.25, 0.3) is 0 Å². The number of likely N-dealkylation sites (N-methyl/N-ethyl adjacent to an activating group) is 1. The molecule has 3 heteroatoms. The van der Waals surface area contributed by atoms with Crippen molar-refractivity contribution in [2.24, 2.45) is 0 Å². The van der Waals surface area contributed by atoms with Crippen LogP contribution in [0.4, 0.5) is 0 Å². The molecule has 3 nitrogen and oxygen atoms in total. The number of aliphatic hydroxyl groups is 1. The quantitative estimate of drug-likeness (QED) is 0.754. The van der Waals surface area contributed by atoms with Crippen LogP contribution in [0, 0.1) is 13.8 Å². The molecule has 102 valence electrons. The summed E-state index contributed by atoms with van der Waals surface area (Å²) >= 11 is 0. The summed E-state index contributed by atoms with van der Waals surface area (Å²) in [6, 6.07) is 6.22. The Labute approximate surface area is 111 Å². The van der Waals surface area contributed by atoms with Crippen molar-refractivity contribution in [3.63, 3.8) is 0 Å². The summed E-state index contributed by atoms with van der Waals surface area (Å²) in [4.78, 5) is 2.12. The third kappa shape index (κ3) is 4.41. The average molecular weight is 250 g/mol. The Hall–Kier alpha value is -0.900. The highest BCUT2D eigenvalue weighted by Gasteiger charge is 2.24. The van der Waals surface area contributed by atoms with Gasteiger partial charge in [0.1, 0.15) is 0 Å². The standard InChI is InChI=1S/C15H26N2O/c1-12-6-7-13(2)14(10-12)15(3,18)11-16-8-9-17(4)5/h6-7,10,16,18H,8-9,11H2,1-5H3. The normalized spacial score (nSPS) is 14.8. The molecule has 2 N–H and O–H groups in total. The average Bonchev–Trinajstić information content (AvgIpc) is 2.27. The number of hydrogen-bond donors (Lipinski definition) is 2. The molecule has 0 aliphatic carbocycles. The Kier molecular flexibility index (Phi) is 5.32. The van der Waals surface area contributed by atoms with E-state index in [-0.39, 0.29) is 0 Å². The third-order valence-corrected chi connectivity index (χ3v) is 3.18. The molecule has 0 spiro atoms. The molecule has 1 aromatic rings. The predicted molar refractivity (Wildman–Crippen MR) is 76.9 cm³/mol. The van der Waals surface area contributed by atoms with Crippen molar-refractivity contribution >= 4 is 0 Å². The first kappa shape index (κ1) is 15.2. The summed E-state index contributed by atoms with van der Waals surface area (Å²) in [5.41, 5.74) is 2.52. The summed E-state index contributed by atoms with van der Waals surface area (Å²) in [5.74, 6) is 0. The van der Waals surface area contributed by atoms with Gasteiger partial charge in [0.15, 0.2) is 0 Å². The van der Waals surface area contributed by atoms with Gasteiger partial charge in [-0.05, 0) is 46.0 Å². The number of rotatable bonds is 6. The minimum Gasteiger partial charge on any atom is -0.384 e. The molecule has 1 unspecified atom stereocenters. The number of aryl methyl sites for hydroxylation is 2. The van der Waals surface area contributed by atoms with Crippen molar-refractivity contribution in [1.82, 2.24) is 10.2 Å². The summed E-state index contributed by atoms with van der Waals surface area (Å²) in [7, 11) is 4.09. The maximum absolute atomic E-state index is 10.6. The van der Waals surface area contributed by atoms with E-state index in [4.69, 9.17) is 0 Å². The van der Waals surface area contributed by atoms with Crippen LogP contribution < -0.4 is 5.32 Å². The van der Waals surface area contributed by atoms with Crippen molar-refractivity contribution in [1.29, 1.82) is 0 Å². The van der Waals surface area contributed by atoms with E-state index in [9.17, 15) is 5.11 Å². The predicted octanol–water partition coefficient (Wildman–Crippen LogP) is 1.66. The second-order valence-electron chi connectivity index (χ2n) is 5.57. The van der Waals surface area contributed by atoms with Crippen LogP contribution in [0.1, 0.15) is 23.6 Å². The number of nitrogens with one attached hydrogen (secondary N) is 1. The Morgan fingerprint density at radius 1 is 1.28 bits per heavy atom. The Morgan fingerprint density at radius 2 is 1.94 bits per heavy atom. The number of hydrogen-bond acceptors (Lipinski definition) is 3. The molecule has 0 saturated carbocycles. The van der Waals surface area contributed by atoms with Gasteiger partial charge in [-0.25, -0.2) is 0 Å². The Morgan fingerprint density at radius 3 is 2.56 bits per heavy atom. The van der Waals surface area contributed by atoms with E-state index in [1.54, 1.807) is 0 Å². The van der Waals surface area contributed by atoms with Crippen molar-refractivity contribution in [2.45, 2.75) is 26.4 Å². The zero-order valence-corrected chi connectivity index (χ0v) is 12.2. The topological polar surface area (TPSA) is 35.5 Å². The van der Waals surface area contributed by atoms with E-state index in [2.05, 4.69) is 35.3 Å². The maximum Gasteiger partial charge on any atom is 0.0994 e. The first-order valence-electron chi connectivity index (χ1n) is 6.48. The van der Waals surface area contributed by atoms with Gasteiger partial charge in [-0.3, -0.25) is 0 Å². The largest absolute Gasteiger partial charge is 0.384 e. The van der Waals surface area contributed by atoms with Crippen molar-refractivity contribution in [2.75, 3.05) is 33.7 Å². The molecule has 0 radical (unpaired) electrons. The summed E-state index contributed by atoms with van der Waals surface area (Å²) < 4.78 is 0. The van der Waals surface area contributed by atoms with Crippen molar-refractivity contribution in [3.05, 3.63) is 34.9 Å². The lowest BCUT2D eigenvalue weighted by atomic mass is 9.90. The SMILES string of the molecule is Cc1ccc(C)c(C(C)(O)CNCCN(C)C)c1. The summed E-state index contributed by atoms with van der Waals surface area (Å²) in [5, 5.41) is 13.9. The van der Waals surface area contributed by atoms with Crippen molar-refractivity contribution in [3.8, 4) is 0 Å². The zero-order valence-electron chi connectivity index (χ0n) is 12.2. The van der Waals surface area contributed by atoms with Gasteiger partial charge < -0.3 is 15.3 Å². The molecule has 0 bridgehead atoms. The van der Waals surface area contributed by atoms with Crippen molar-refractivity contribution < 1.29 is 5.11 Å². The third-order valence-electron chi connectivity index (χ3n) is 3.18. The molecule has 0 fully saturated rings. The molecule has 0 saturated heterocycles. The first-order chi connectivity index (χ1) is 8.33. The molecule has 1 rings (SSSR count). The summed E-state index contributed by atoms with van der Waals surface area (Å²) in [6.45, 7) is 8.40. The van der Waals surface area contributed by atoms with E-state index < -0.39 is 5.60 Å². The van der Waals surface area contributed by atoms with Gasteiger partial charge >= 0.3 is 0 Å². The lowest BCUT2D eigenvalue weighted by Crippen LogP contribution is -2.38. The molecule has 18 heavy (non-hydrogen) atoms. The van der Waals surface area contributed by atoms with Crippen LogP contribution in [0.25, 0.3) is 0 Å². The van der Waals surface area contributed by atoms with Crippen LogP contribution in [-0.4, -0.2) is 43.7 Å². The zero-order chi connectivity index (χ0) is 13.8. The lowest BCUT2D eigenvalue weighted by molar-refractivity contribution is 0.0561. The molecular weight excluding hydrogens is 224 g/mol. The molecule has 0 aliphatic rings. The van der Waals surface area contributed by atoms with Crippen LogP contribution in [0.3, 0.4) is 0 Å². The van der Waals surface area contributed by atoms with Crippen LogP contribution in [0.5, 0.6) is 0 Å². The van der Waals surface area contributed by atoms with Crippen LogP contribution in [0.2, 0.25) is 0 Å². The fourth-order valence-electron chi connectivity index (χ4n) is 2.05. The van der Waals surface area contributed by atoms with E-state index >= 15 is 0 Å².